The zero-order valence-corrected chi connectivity index (χ0v) is 7.18. The molecule has 8 heteroatoms. The topological polar surface area (TPSA) is 66.0 Å². The average molecular weight is 226 g/mol. The predicted molar refractivity (Wildman–Crippen MR) is 40.3 cm³/mol. The third-order valence-corrected chi connectivity index (χ3v) is 1.68. The Kier molecular flexibility index (Phi) is 2.96. The molecule has 0 amide bonds. The minimum absolute atomic E-state index is 0.463. The van der Waals surface area contributed by atoms with Crippen molar-refractivity contribution in [2.45, 2.75) is 12.1 Å². The first-order valence-electron chi connectivity index (χ1n) is 3.76. The first-order chi connectivity index (χ1) is 6.89. The molecule has 1 atom stereocenters. The van der Waals surface area contributed by atoms with Crippen LogP contribution in [-0.4, -0.2) is 34.1 Å². The van der Waals surface area contributed by atoms with E-state index in [0.29, 0.717) is 6.07 Å². The summed E-state index contributed by atoms with van der Waals surface area (Å²) >= 11 is 0. The number of halogens is 4. The van der Waals surface area contributed by atoms with Gasteiger partial charge in [0.15, 0.2) is 6.17 Å². The summed E-state index contributed by atoms with van der Waals surface area (Å²) in [5, 5.41) is 13.1. The molecule has 1 aromatic heterocycles. The van der Waals surface area contributed by atoms with Crippen LogP contribution in [-0.2, 0) is 5.92 Å². The second-order valence-electron chi connectivity index (χ2n) is 2.72. The van der Waals surface area contributed by atoms with E-state index in [-0.39, 0.29) is 0 Å². The van der Waals surface area contributed by atoms with Crippen molar-refractivity contribution in [1.29, 1.82) is 0 Å². The number of carboxylic acids is 1. The molecular formula is C7H6F4N2O2. The Morgan fingerprint density at radius 2 is 2.27 bits per heavy atom. The monoisotopic (exact) mass is 226 g/mol. The van der Waals surface area contributed by atoms with Gasteiger partial charge in [-0.1, -0.05) is 0 Å². The number of carbonyl (C=O) groups is 1. The number of carboxylic acid groups (broad SMARTS) is 1. The molecule has 1 heterocycles. The lowest BCUT2D eigenvalue weighted by molar-refractivity contribution is -0.0891. The molecule has 0 bridgehead atoms. The van der Waals surface area contributed by atoms with Crippen LogP contribution in [0, 0.1) is 0 Å². The molecule has 0 saturated heterocycles. The molecule has 0 aliphatic carbocycles. The minimum atomic E-state index is -4.14. The van der Waals surface area contributed by atoms with E-state index in [1.807, 2.05) is 0 Å². The fourth-order valence-electron chi connectivity index (χ4n) is 0.859. The maximum Gasteiger partial charge on any atom is 0.353 e. The van der Waals surface area contributed by atoms with Crippen LogP contribution >= 0.6 is 0 Å². The number of hydrogen-bond acceptors (Lipinski definition) is 2. The van der Waals surface area contributed by atoms with Gasteiger partial charge in [0.2, 0.25) is 0 Å². The van der Waals surface area contributed by atoms with Gasteiger partial charge in [0, 0.05) is 6.07 Å². The van der Waals surface area contributed by atoms with Crippen LogP contribution in [0.3, 0.4) is 0 Å². The fraction of sp³-hybridized carbons (Fsp3) is 0.429. The lowest BCUT2D eigenvalue weighted by Crippen LogP contribution is -2.29. The largest absolute Gasteiger partial charge is 0.477 e. The van der Waals surface area contributed by atoms with Crippen LogP contribution in [0.2, 0.25) is 0 Å². The van der Waals surface area contributed by atoms with Gasteiger partial charge < -0.3 is 5.11 Å². The molecule has 0 aliphatic heterocycles. The van der Waals surface area contributed by atoms with Crippen LogP contribution in [0.25, 0.3) is 0 Å². The molecule has 0 aliphatic rings. The highest BCUT2D eigenvalue weighted by Crippen LogP contribution is 2.32. The van der Waals surface area contributed by atoms with E-state index >= 15 is 0 Å². The van der Waals surface area contributed by atoms with Crippen molar-refractivity contribution in [1.82, 2.24) is 10.2 Å². The average Bonchev–Trinajstić information content (AvgIpc) is 2.65. The van der Waals surface area contributed by atoms with Gasteiger partial charge in [0.1, 0.15) is 18.1 Å². The number of alkyl halides is 4. The van der Waals surface area contributed by atoms with Gasteiger partial charge in [0.25, 0.3) is 0 Å². The van der Waals surface area contributed by atoms with E-state index in [1.54, 1.807) is 5.10 Å². The molecule has 0 fully saturated rings. The second kappa shape index (κ2) is 3.87. The third kappa shape index (κ3) is 2.08. The smallest absolute Gasteiger partial charge is 0.353 e. The molecule has 0 radical (unpaired) electrons. The van der Waals surface area contributed by atoms with E-state index in [2.05, 4.69) is 5.10 Å². The van der Waals surface area contributed by atoms with Crippen molar-refractivity contribution in [3.63, 3.8) is 0 Å². The van der Waals surface area contributed by atoms with E-state index in [0.717, 1.165) is 0 Å². The van der Waals surface area contributed by atoms with Gasteiger partial charge in [-0.2, -0.15) is 13.9 Å². The highest BCUT2D eigenvalue weighted by molar-refractivity contribution is 5.85. The van der Waals surface area contributed by atoms with E-state index in [1.165, 1.54) is 0 Å². The standard InChI is InChI=1S/C7H6F4N2O2/c8-2-4(9)7(10,11)5-1-3(6(14)15)12-13-5/h1,4H,2H2,(H,12,13)(H,14,15). The molecule has 1 aromatic rings. The molecule has 84 valence electrons. The van der Waals surface area contributed by atoms with Gasteiger partial charge in [-0.15, -0.1) is 0 Å². The summed E-state index contributed by atoms with van der Waals surface area (Å²) in [5.74, 6) is -5.65. The summed E-state index contributed by atoms with van der Waals surface area (Å²) in [7, 11) is 0. The molecule has 0 saturated carbocycles. The van der Waals surface area contributed by atoms with Crippen LogP contribution in [0.4, 0.5) is 17.6 Å². The minimum Gasteiger partial charge on any atom is -0.477 e. The van der Waals surface area contributed by atoms with E-state index in [4.69, 9.17) is 5.11 Å². The number of nitrogens with zero attached hydrogens (tertiary/aromatic N) is 1. The first kappa shape index (κ1) is 11.5. The Morgan fingerprint density at radius 1 is 1.67 bits per heavy atom. The number of aromatic amines is 1. The lowest BCUT2D eigenvalue weighted by atomic mass is 10.1. The molecule has 2 N–H and O–H groups in total. The van der Waals surface area contributed by atoms with E-state index < -0.39 is 36.1 Å². The van der Waals surface area contributed by atoms with Crippen molar-refractivity contribution in [2.24, 2.45) is 0 Å². The van der Waals surface area contributed by atoms with Gasteiger partial charge in [-0.05, 0) is 0 Å². The Balaban J connectivity index is 3.00. The number of hydrogen-bond donors (Lipinski definition) is 2. The number of rotatable bonds is 4. The van der Waals surface area contributed by atoms with Crippen molar-refractivity contribution in [3.8, 4) is 0 Å². The Hall–Kier alpha value is -1.60. The summed E-state index contributed by atoms with van der Waals surface area (Å²) in [4.78, 5) is 10.3. The maximum absolute atomic E-state index is 12.9. The summed E-state index contributed by atoms with van der Waals surface area (Å²) in [6.07, 6.45) is -3.04. The second-order valence-corrected chi connectivity index (χ2v) is 2.72. The lowest BCUT2D eigenvalue weighted by Gasteiger charge is -2.15. The molecule has 4 nitrogen and oxygen atoms in total. The van der Waals surface area contributed by atoms with Crippen molar-refractivity contribution >= 4 is 5.97 Å². The molecule has 0 aromatic carbocycles. The Bertz CT molecular complexity index is 366. The normalized spacial score (nSPS) is 13.9. The number of nitrogens with one attached hydrogen (secondary N) is 1. The number of aromatic nitrogens is 2. The maximum atomic E-state index is 12.9. The van der Waals surface area contributed by atoms with Crippen molar-refractivity contribution in [2.75, 3.05) is 6.67 Å². The summed E-state index contributed by atoms with van der Waals surface area (Å²) < 4.78 is 50.1. The summed E-state index contributed by atoms with van der Waals surface area (Å²) in [5.41, 5.74) is -1.75. The van der Waals surface area contributed by atoms with Gasteiger partial charge in [-0.3, -0.25) is 5.10 Å². The zero-order valence-electron chi connectivity index (χ0n) is 7.18. The highest BCUT2D eigenvalue weighted by Gasteiger charge is 2.44. The fourth-order valence-corrected chi connectivity index (χ4v) is 0.859. The van der Waals surface area contributed by atoms with Crippen molar-refractivity contribution < 1.29 is 27.5 Å². The first-order valence-corrected chi connectivity index (χ1v) is 3.76. The van der Waals surface area contributed by atoms with Gasteiger partial charge in [0.05, 0.1) is 0 Å². The zero-order chi connectivity index (χ0) is 11.6. The molecule has 1 rings (SSSR count). The number of aromatic carboxylic acids is 1. The van der Waals surface area contributed by atoms with Crippen molar-refractivity contribution in [3.05, 3.63) is 17.5 Å². The van der Waals surface area contributed by atoms with Crippen LogP contribution in [0.1, 0.15) is 16.2 Å². The SMILES string of the molecule is O=C(O)c1cc(C(F)(F)C(F)CF)n[nH]1. The Labute approximate surface area is 80.9 Å². The molecular weight excluding hydrogens is 220 g/mol. The summed E-state index contributed by atoms with van der Waals surface area (Å²) in [6, 6.07) is 0.463. The van der Waals surface area contributed by atoms with Crippen LogP contribution in [0.15, 0.2) is 6.07 Å². The van der Waals surface area contributed by atoms with Crippen LogP contribution < -0.4 is 0 Å². The van der Waals surface area contributed by atoms with Crippen LogP contribution in [0.5, 0.6) is 0 Å². The quantitative estimate of drug-likeness (QED) is 0.764. The molecule has 15 heavy (non-hydrogen) atoms. The molecule has 0 spiro atoms. The number of H-pyrrole nitrogens is 1. The third-order valence-electron chi connectivity index (χ3n) is 1.68. The predicted octanol–water partition coefficient (Wildman–Crippen LogP) is 1.51. The Morgan fingerprint density at radius 3 is 2.67 bits per heavy atom. The summed E-state index contributed by atoms with van der Waals surface area (Å²) in [6.45, 7) is -1.87. The van der Waals surface area contributed by atoms with E-state index in [9.17, 15) is 22.4 Å². The van der Waals surface area contributed by atoms with Gasteiger partial charge >= 0.3 is 11.9 Å². The molecule has 1 unspecified atom stereocenters. The van der Waals surface area contributed by atoms with Gasteiger partial charge in [-0.25, -0.2) is 13.6 Å². The highest BCUT2D eigenvalue weighted by atomic mass is 19.3.